The number of carbonyl (C=O) groups is 1. The Morgan fingerprint density at radius 3 is 2.46 bits per heavy atom. The van der Waals surface area contributed by atoms with E-state index in [-0.39, 0.29) is 11.0 Å². The van der Waals surface area contributed by atoms with Crippen molar-refractivity contribution in [2.24, 2.45) is 11.8 Å². The van der Waals surface area contributed by atoms with E-state index in [4.69, 9.17) is 9.16 Å². The Kier molecular flexibility index (Phi) is 8.44. The van der Waals surface area contributed by atoms with Crippen molar-refractivity contribution in [2.45, 2.75) is 71.5 Å². The molecule has 0 aromatic carbocycles. The van der Waals surface area contributed by atoms with E-state index < -0.39 is 8.32 Å². The van der Waals surface area contributed by atoms with E-state index in [2.05, 4.69) is 39.9 Å². The second-order valence-electron chi connectivity index (χ2n) is 8.28. The third-order valence-electron chi connectivity index (χ3n) is 5.42. The van der Waals surface area contributed by atoms with E-state index in [0.29, 0.717) is 18.4 Å². The maximum atomic E-state index is 11.3. The molecule has 0 aromatic rings. The van der Waals surface area contributed by atoms with Crippen LogP contribution >= 0.6 is 0 Å². The van der Waals surface area contributed by atoms with Crippen molar-refractivity contribution in [3.63, 3.8) is 0 Å². The van der Waals surface area contributed by atoms with E-state index in [1.165, 1.54) is 31.8 Å². The largest absolute Gasteiger partial charge is 0.463 e. The van der Waals surface area contributed by atoms with Gasteiger partial charge in [0.2, 0.25) is 0 Å². The molecule has 24 heavy (non-hydrogen) atoms. The maximum absolute atomic E-state index is 11.3. The summed E-state index contributed by atoms with van der Waals surface area (Å²) in [6.07, 6.45) is 12.6. The van der Waals surface area contributed by atoms with Gasteiger partial charge < -0.3 is 9.16 Å². The number of allylic oxidation sites excluding steroid dienone is 3. The lowest BCUT2D eigenvalue weighted by Crippen LogP contribution is -2.42. The summed E-state index contributed by atoms with van der Waals surface area (Å²) in [5.41, 5.74) is 0. The average Bonchev–Trinajstić information content (AvgIpc) is 2.49. The van der Waals surface area contributed by atoms with Crippen LogP contribution in [-0.4, -0.2) is 27.5 Å². The van der Waals surface area contributed by atoms with Crippen LogP contribution < -0.4 is 0 Å². The highest BCUT2D eigenvalue weighted by molar-refractivity contribution is 6.74. The van der Waals surface area contributed by atoms with Crippen molar-refractivity contribution in [2.75, 3.05) is 13.2 Å². The van der Waals surface area contributed by atoms with Crippen LogP contribution in [-0.2, 0) is 14.0 Å². The smallest absolute Gasteiger partial charge is 0.330 e. The van der Waals surface area contributed by atoms with Gasteiger partial charge in [-0.25, -0.2) is 4.79 Å². The molecule has 1 fully saturated rings. The fourth-order valence-corrected chi connectivity index (χ4v) is 3.82. The molecule has 138 valence electrons. The monoisotopic (exact) mass is 352 g/mol. The summed E-state index contributed by atoms with van der Waals surface area (Å²) in [5.74, 6) is 0.874. The van der Waals surface area contributed by atoms with Gasteiger partial charge in [-0.2, -0.15) is 0 Å². The molecule has 1 rings (SSSR count). The summed E-state index contributed by atoms with van der Waals surface area (Å²) >= 11 is 0. The number of hydrogen-bond acceptors (Lipinski definition) is 3. The average molecular weight is 353 g/mol. The van der Waals surface area contributed by atoms with Gasteiger partial charge in [-0.15, -0.1) is 0 Å². The van der Waals surface area contributed by atoms with Crippen LogP contribution in [0.15, 0.2) is 24.3 Å². The molecule has 0 aromatic heterocycles. The molecule has 0 heterocycles. The number of ether oxygens (including phenoxy) is 1. The lowest BCUT2D eigenvalue weighted by atomic mass is 9.79. The summed E-state index contributed by atoms with van der Waals surface area (Å²) in [4.78, 5) is 11.3. The van der Waals surface area contributed by atoms with Crippen molar-refractivity contribution >= 4 is 14.3 Å². The zero-order valence-electron chi connectivity index (χ0n) is 16.4. The van der Waals surface area contributed by atoms with Crippen LogP contribution in [0, 0.1) is 11.8 Å². The van der Waals surface area contributed by atoms with Crippen molar-refractivity contribution in [3.8, 4) is 0 Å². The first-order valence-corrected chi connectivity index (χ1v) is 12.2. The third-order valence-corrected chi connectivity index (χ3v) is 9.92. The molecule has 1 aliphatic rings. The number of carbonyl (C=O) groups excluding carboxylic acids is 1. The highest BCUT2D eigenvalue weighted by Crippen LogP contribution is 2.38. The summed E-state index contributed by atoms with van der Waals surface area (Å²) < 4.78 is 11.3. The van der Waals surface area contributed by atoms with Gasteiger partial charge in [0.25, 0.3) is 0 Å². The molecular weight excluding hydrogens is 316 g/mol. The first-order valence-electron chi connectivity index (χ1n) is 9.33. The van der Waals surface area contributed by atoms with Gasteiger partial charge in [-0.1, -0.05) is 51.8 Å². The van der Waals surface area contributed by atoms with Crippen molar-refractivity contribution in [3.05, 3.63) is 24.3 Å². The standard InChI is InChI=1S/C20H36O3Si/c1-7-22-19(21)15-11-10-13-17-12-8-9-14-18(17)16-23-24(5,6)20(2,3)4/h10-11,13,15,17-18H,7-9,12,14,16H2,1-6H3/b13-10+,15-11+/t17-,18+/m1/s1. The lowest BCUT2D eigenvalue weighted by Gasteiger charge is -2.39. The quantitative estimate of drug-likeness (QED) is 0.263. The Bertz CT molecular complexity index is 446. The molecule has 0 bridgehead atoms. The third kappa shape index (κ3) is 6.94. The van der Waals surface area contributed by atoms with Crippen LogP contribution in [0.3, 0.4) is 0 Å². The molecule has 1 aliphatic carbocycles. The summed E-state index contributed by atoms with van der Waals surface area (Å²) in [5, 5.41) is 0.259. The summed E-state index contributed by atoms with van der Waals surface area (Å²) in [6, 6.07) is 0. The maximum Gasteiger partial charge on any atom is 0.330 e. The van der Waals surface area contributed by atoms with Crippen molar-refractivity contribution < 1.29 is 14.0 Å². The van der Waals surface area contributed by atoms with Gasteiger partial charge in [0.1, 0.15) is 0 Å². The molecule has 0 N–H and O–H groups in total. The second kappa shape index (κ2) is 9.57. The van der Waals surface area contributed by atoms with Gasteiger partial charge >= 0.3 is 5.97 Å². The molecule has 0 amide bonds. The van der Waals surface area contributed by atoms with Crippen LogP contribution in [0.25, 0.3) is 0 Å². The number of rotatable bonds is 7. The highest BCUT2D eigenvalue weighted by Gasteiger charge is 2.38. The SMILES string of the molecule is CCOC(=O)/C=C/C=C/[C@H]1CCCC[C@H]1CO[Si](C)(C)C(C)(C)C. The summed E-state index contributed by atoms with van der Waals surface area (Å²) in [7, 11) is -1.68. The van der Waals surface area contributed by atoms with Crippen LogP contribution in [0.2, 0.25) is 18.1 Å². The Morgan fingerprint density at radius 2 is 1.83 bits per heavy atom. The van der Waals surface area contributed by atoms with Crippen LogP contribution in [0.1, 0.15) is 53.4 Å². The van der Waals surface area contributed by atoms with Crippen molar-refractivity contribution in [1.29, 1.82) is 0 Å². The van der Waals surface area contributed by atoms with E-state index in [1.807, 2.05) is 13.0 Å². The highest BCUT2D eigenvalue weighted by atomic mass is 28.4. The normalized spacial score (nSPS) is 23.1. The fraction of sp³-hybridized carbons (Fsp3) is 0.750. The Morgan fingerprint density at radius 1 is 1.17 bits per heavy atom. The Hall–Kier alpha value is -0.873. The zero-order chi connectivity index (χ0) is 18.2. The molecule has 4 heteroatoms. The summed E-state index contributed by atoms with van der Waals surface area (Å²) in [6.45, 7) is 14.6. The van der Waals surface area contributed by atoms with E-state index in [1.54, 1.807) is 6.08 Å². The minimum atomic E-state index is -1.68. The van der Waals surface area contributed by atoms with Gasteiger partial charge in [0.15, 0.2) is 8.32 Å². The van der Waals surface area contributed by atoms with Crippen LogP contribution in [0.5, 0.6) is 0 Å². The molecule has 2 atom stereocenters. The van der Waals surface area contributed by atoms with E-state index in [0.717, 1.165) is 6.61 Å². The van der Waals surface area contributed by atoms with Gasteiger partial charge in [0, 0.05) is 12.7 Å². The van der Waals surface area contributed by atoms with Gasteiger partial charge in [-0.3, -0.25) is 0 Å². The topological polar surface area (TPSA) is 35.5 Å². The molecule has 0 aliphatic heterocycles. The van der Waals surface area contributed by atoms with Crippen LogP contribution in [0.4, 0.5) is 0 Å². The fourth-order valence-electron chi connectivity index (χ4n) is 2.76. The minimum absolute atomic E-state index is 0.259. The van der Waals surface area contributed by atoms with Gasteiger partial charge in [-0.05, 0) is 49.7 Å². The van der Waals surface area contributed by atoms with Gasteiger partial charge in [0.05, 0.1) is 6.61 Å². The molecule has 0 unspecified atom stereocenters. The van der Waals surface area contributed by atoms with E-state index in [9.17, 15) is 4.79 Å². The lowest BCUT2D eigenvalue weighted by molar-refractivity contribution is -0.137. The second-order valence-corrected chi connectivity index (χ2v) is 13.1. The Balaban J connectivity index is 2.58. The molecule has 3 nitrogen and oxygen atoms in total. The molecule has 1 saturated carbocycles. The number of hydrogen-bond donors (Lipinski definition) is 0. The minimum Gasteiger partial charge on any atom is -0.463 e. The Labute approximate surface area is 149 Å². The zero-order valence-corrected chi connectivity index (χ0v) is 17.4. The molecule has 0 radical (unpaired) electrons. The van der Waals surface area contributed by atoms with Crippen molar-refractivity contribution in [1.82, 2.24) is 0 Å². The molecule has 0 spiro atoms. The molecule has 0 saturated heterocycles. The predicted molar refractivity (Wildman–Crippen MR) is 104 cm³/mol. The first-order chi connectivity index (χ1) is 11.2. The molecular formula is C20H36O3Si. The number of esters is 1. The predicted octanol–water partition coefficient (Wildman–Crippen LogP) is 5.49. The first kappa shape index (κ1) is 21.2. The van der Waals surface area contributed by atoms with E-state index >= 15 is 0 Å².